The summed E-state index contributed by atoms with van der Waals surface area (Å²) in [4.78, 5) is 38.2. The van der Waals surface area contributed by atoms with E-state index in [-0.39, 0.29) is 16.8 Å². The Kier molecular flexibility index (Phi) is 9.23. The molecule has 1 aliphatic heterocycles. The lowest BCUT2D eigenvalue weighted by Gasteiger charge is -2.15. The molecular formula is C28H24ClN3O5S2. The Morgan fingerprint density at radius 2 is 1.74 bits per heavy atom. The van der Waals surface area contributed by atoms with Crippen LogP contribution < -0.4 is 20.2 Å². The summed E-state index contributed by atoms with van der Waals surface area (Å²) in [6, 6.07) is 18.8. The Morgan fingerprint density at radius 3 is 2.44 bits per heavy atom. The number of hydrazine groups is 1. The summed E-state index contributed by atoms with van der Waals surface area (Å²) in [5.74, 6) is -0.458. The van der Waals surface area contributed by atoms with Gasteiger partial charge in [-0.3, -0.25) is 19.8 Å². The smallest absolute Gasteiger partial charge is 0.285 e. The molecule has 1 heterocycles. The first-order valence-corrected chi connectivity index (χ1v) is 13.4. The maximum atomic E-state index is 13.0. The number of rotatable bonds is 9. The summed E-state index contributed by atoms with van der Waals surface area (Å²) >= 11 is 12.2. The second kappa shape index (κ2) is 12.8. The molecule has 3 aromatic carbocycles. The molecule has 0 spiro atoms. The zero-order valence-corrected chi connectivity index (χ0v) is 23.4. The fourth-order valence-corrected chi connectivity index (χ4v) is 4.77. The number of nitrogens with one attached hydrogen (secondary N) is 2. The molecule has 2 N–H and O–H groups in total. The van der Waals surface area contributed by atoms with Crippen molar-refractivity contribution in [1.29, 1.82) is 0 Å². The van der Waals surface area contributed by atoms with Gasteiger partial charge < -0.3 is 14.8 Å². The van der Waals surface area contributed by atoms with Gasteiger partial charge in [-0.15, -0.1) is 0 Å². The van der Waals surface area contributed by atoms with Crippen LogP contribution in [0.4, 0.5) is 5.69 Å². The van der Waals surface area contributed by atoms with E-state index in [1.54, 1.807) is 48.5 Å². The molecule has 0 aromatic heterocycles. The molecule has 1 fully saturated rings. The molecule has 1 saturated heterocycles. The second-order valence-corrected chi connectivity index (χ2v) is 10.4. The number of anilines is 1. The molecule has 200 valence electrons. The van der Waals surface area contributed by atoms with E-state index < -0.39 is 11.8 Å². The first-order valence-electron chi connectivity index (χ1n) is 11.8. The van der Waals surface area contributed by atoms with Crippen LogP contribution in [0.1, 0.15) is 28.4 Å². The Balaban J connectivity index is 1.42. The van der Waals surface area contributed by atoms with Crippen LogP contribution >= 0.6 is 35.6 Å². The lowest BCUT2D eigenvalue weighted by molar-refractivity contribution is -0.123. The largest absolute Gasteiger partial charge is 0.490 e. The molecule has 0 saturated carbocycles. The maximum absolute atomic E-state index is 13.0. The molecule has 39 heavy (non-hydrogen) atoms. The number of carbonyl (C=O) groups excluding carboxylic acids is 3. The standard InChI is InChI=1S/C28H24ClN3O5S2/c1-3-36-23-14-18(6-13-22(23)37-16-25(33)30-21-11-4-17(2)5-12-21)15-24-27(35)32(28(38)39-24)31-26(34)19-7-9-20(29)10-8-19/h4-15H,3,16H2,1-2H3,(H,30,33)(H,31,34)/b24-15-. The predicted octanol–water partition coefficient (Wildman–Crippen LogP) is 5.61. The summed E-state index contributed by atoms with van der Waals surface area (Å²) in [5.41, 5.74) is 5.29. The fourth-order valence-electron chi connectivity index (χ4n) is 3.46. The zero-order chi connectivity index (χ0) is 27.9. The van der Waals surface area contributed by atoms with E-state index in [9.17, 15) is 14.4 Å². The number of hydrogen-bond acceptors (Lipinski definition) is 7. The van der Waals surface area contributed by atoms with Crippen LogP contribution in [0.3, 0.4) is 0 Å². The first-order chi connectivity index (χ1) is 18.7. The summed E-state index contributed by atoms with van der Waals surface area (Å²) in [5, 5.41) is 4.31. The van der Waals surface area contributed by atoms with E-state index in [0.717, 1.165) is 22.3 Å². The summed E-state index contributed by atoms with van der Waals surface area (Å²) < 4.78 is 11.6. The summed E-state index contributed by atoms with van der Waals surface area (Å²) in [6.45, 7) is 3.96. The maximum Gasteiger partial charge on any atom is 0.285 e. The number of thioether (sulfide) groups is 1. The molecule has 0 aliphatic carbocycles. The van der Waals surface area contributed by atoms with Gasteiger partial charge in [-0.2, -0.15) is 5.01 Å². The fraction of sp³-hybridized carbons (Fsp3) is 0.143. The second-order valence-electron chi connectivity index (χ2n) is 8.31. The van der Waals surface area contributed by atoms with Crippen LogP contribution in [0, 0.1) is 6.92 Å². The minimum atomic E-state index is -0.490. The number of aryl methyl sites for hydroxylation is 1. The molecule has 1 aliphatic rings. The highest BCUT2D eigenvalue weighted by Crippen LogP contribution is 2.34. The van der Waals surface area contributed by atoms with Crippen molar-refractivity contribution in [2.45, 2.75) is 13.8 Å². The van der Waals surface area contributed by atoms with Gasteiger partial charge in [0.1, 0.15) is 0 Å². The van der Waals surface area contributed by atoms with Crippen molar-refractivity contribution in [1.82, 2.24) is 10.4 Å². The number of nitrogens with zero attached hydrogens (tertiary/aromatic N) is 1. The van der Waals surface area contributed by atoms with Crippen molar-refractivity contribution in [3.05, 3.63) is 93.3 Å². The quantitative estimate of drug-likeness (QED) is 0.250. The van der Waals surface area contributed by atoms with E-state index >= 15 is 0 Å². The van der Waals surface area contributed by atoms with Gasteiger partial charge in [-0.1, -0.05) is 47.1 Å². The first kappa shape index (κ1) is 28.2. The summed E-state index contributed by atoms with van der Waals surface area (Å²) in [7, 11) is 0. The van der Waals surface area contributed by atoms with Crippen LogP contribution in [0.15, 0.2) is 71.6 Å². The van der Waals surface area contributed by atoms with Crippen LogP contribution in [-0.4, -0.2) is 40.3 Å². The van der Waals surface area contributed by atoms with Crippen molar-refractivity contribution in [2.75, 3.05) is 18.5 Å². The minimum absolute atomic E-state index is 0.193. The van der Waals surface area contributed by atoms with E-state index in [4.69, 9.17) is 33.3 Å². The van der Waals surface area contributed by atoms with Crippen molar-refractivity contribution in [3.8, 4) is 11.5 Å². The van der Waals surface area contributed by atoms with E-state index in [1.807, 2.05) is 38.1 Å². The predicted molar refractivity (Wildman–Crippen MR) is 157 cm³/mol. The van der Waals surface area contributed by atoms with Crippen molar-refractivity contribution in [3.63, 3.8) is 0 Å². The molecule has 0 bridgehead atoms. The van der Waals surface area contributed by atoms with E-state index in [1.165, 1.54) is 0 Å². The lowest BCUT2D eigenvalue weighted by Crippen LogP contribution is -2.44. The Hall–Kier alpha value is -3.86. The van der Waals surface area contributed by atoms with Crippen molar-refractivity contribution in [2.24, 2.45) is 0 Å². The van der Waals surface area contributed by atoms with Gasteiger partial charge in [-0.25, -0.2) is 0 Å². The van der Waals surface area contributed by atoms with E-state index in [2.05, 4.69) is 10.7 Å². The minimum Gasteiger partial charge on any atom is -0.490 e. The van der Waals surface area contributed by atoms with Gasteiger partial charge in [0.25, 0.3) is 17.7 Å². The third-order valence-corrected chi connectivity index (χ3v) is 6.93. The Bertz CT molecular complexity index is 1440. The van der Waals surface area contributed by atoms with Gasteiger partial charge in [0.2, 0.25) is 0 Å². The number of ether oxygens (including phenoxy) is 2. The van der Waals surface area contributed by atoms with Crippen molar-refractivity contribution >= 4 is 69.4 Å². The number of hydrogen-bond donors (Lipinski definition) is 2. The zero-order valence-electron chi connectivity index (χ0n) is 21.0. The topological polar surface area (TPSA) is 97.0 Å². The highest BCUT2D eigenvalue weighted by atomic mass is 35.5. The van der Waals surface area contributed by atoms with Crippen LogP contribution in [0.5, 0.6) is 11.5 Å². The normalized spacial score (nSPS) is 13.9. The number of amides is 3. The molecule has 0 unspecified atom stereocenters. The van der Waals surface area contributed by atoms with Gasteiger partial charge in [0.15, 0.2) is 22.4 Å². The third-order valence-electron chi connectivity index (χ3n) is 5.37. The molecule has 3 aromatic rings. The van der Waals surface area contributed by atoms with Crippen LogP contribution in [0.2, 0.25) is 5.02 Å². The highest BCUT2D eigenvalue weighted by Gasteiger charge is 2.33. The Morgan fingerprint density at radius 1 is 1.03 bits per heavy atom. The molecule has 4 rings (SSSR count). The molecule has 0 atom stereocenters. The average molecular weight is 582 g/mol. The number of halogens is 1. The monoisotopic (exact) mass is 581 g/mol. The third kappa shape index (κ3) is 7.38. The van der Waals surface area contributed by atoms with Crippen LogP contribution in [0.25, 0.3) is 6.08 Å². The highest BCUT2D eigenvalue weighted by molar-refractivity contribution is 8.26. The van der Waals surface area contributed by atoms with Gasteiger partial charge >= 0.3 is 0 Å². The number of carbonyl (C=O) groups is 3. The average Bonchev–Trinajstić information content (AvgIpc) is 3.17. The van der Waals surface area contributed by atoms with Crippen molar-refractivity contribution < 1.29 is 23.9 Å². The lowest BCUT2D eigenvalue weighted by atomic mass is 10.2. The molecular weight excluding hydrogens is 558 g/mol. The SMILES string of the molecule is CCOc1cc(/C=C2\SC(=S)N(NC(=O)c3ccc(Cl)cc3)C2=O)ccc1OCC(=O)Nc1ccc(C)cc1. The van der Waals surface area contributed by atoms with Gasteiger partial charge in [0.05, 0.1) is 11.5 Å². The van der Waals surface area contributed by atoms with E-state index in [0.29, 0.717) is 44.8 Å². The molecule has 0 radical (unpaired) electrons. The molecule has 8 nitrogen and oxygen atoms in total. The van der Waals surface area contributed by atoms with Gasteiger partial charge in [-0.05, 0) is 86.2 Å². The van der Waals surface area contributed by atoms with Crippen LogP contribution in [-0.2, 0) is 9.59 Å². The molecule has 11 heteroatoms. The summed E-state index contributed by atoms with van der Waals surface area (Å²) in [6.07, 6.45) is 1.64. The van der Waals surface area contributed by atoms with Gasteiger partial charge in [0, 0.05) is 16.3 Å². The number of thiocarbonyl (C=S) groups is 1. The molecule has 3 amide bonds. The Labute approximate surface area is 240 Å². The number of benzene rings is 3.